The first-order valence-electron chi connectivity index (χ1n) is 8.94. The van der Waals surface area contributed by atoms with Crippen LogP contribution in [0.2, 0.25) is 0 Å². The van der Waals surface area contributed by atoms with Crippen LogP contribution in [0.1, 0.15) is 27.9 Å². The lowest BCUT2D eigenvalue weighted by Gasteiger charge is -2.21. The highest BCUT2D eigenvalue weighted by Gasteiger charge is 2.21. The van der Waals surface area contributed by atoms with Crippen LogP contribution in [-0.4, -0.2) is 43.0 Å². The molecule has 27 heavy (non-hydrogen) atoms. The number of benzene rings is 2. The normalized spacial score (nSPS) is 11.3. The number of hydrogen-bond donors (Lipinski definition) is 0. The van der Waals surface area contributed by atoms with Crippen LogP contribution in [0.4, 0.5) is 5.13 Å². The predicted molar refractivity (Wildman–Crippen MR) is 118 cm³/mol. The smallest absolute Gasteiger partial charge is 0.260 e. The molecule has 0 saturated carbocycles. The van der Waals surface area contributed by atoms with Gasteiger partial charge in [0.05, 0.1) is 10.2 Å². The van der Waals surface area contributed by atoms with Crippen LogP contribution < -0.4 is 4.90 Å². The number of fused-ring (bicyclic) bond motifs is 1. The number of carbonyl (C=O) groups is 1. The lowest BCUT2D eigenvalue weighted by Crippen LogP contribution is -2.33. The van der Waals surface area contributed by atoms with E-state index in [1.54, 1.807) is 11.3 Å². The van der Waals surface area contributed by atoms with Crippen molar-refractivity contribution in [3.8, 4) is 0 Å². The van der Waals surface area contributed by atoms with Gasteiger partial charge in [0, 0.05) is 16.6 Å². The lowest BCUT2D eigenvalue weighted by atomic mass is 10.1. The third kappa shape index (κ3) is 4.94. The minimum Gasteiger partial charge on any atom is -0.309 e. The summed E-state index contributed by atoms with van der Waals surface area (Å²) in [4.78, 5) is 22.0. The Morgan fingerprint density at radius 3 is 2.44 bits per heavy atom. The molecule has 3 aromatic rings. The molecule has 1 heterocycles. The molecule has 0 N–H and O–H groups in total. The van der Waals surface area contributed by atoms with Crippen molar-refractivity contribution in [2.75, 3.05) is 32.1 Å². The van der Waals surface area contributed by atoms with Gasteiger partial charge >= 0.3 is 0 Å². The van der Waals surface area contributed by atoms with Gasteiger partial charge in [-0.3, -0.25) is 9.69 Å². The molecule has 0 fully saturated rings. The maximum absolute atomic E-state index is 13.3. The molecule has 142 valence electrons. The second kappa shape index (κ2) is 8.50. The zero-order valence-electron chi connectivity index (χ0n) is 16.1. The number of amides is 1. The molecule has 0 radical (unpaired) electrons. The van der Waals surface area contributed by atoms with Crippen LogP contribution in [0.15, 0.2) is 40.9 Å². The first-order chi connectivity index (χ1) is 12.8. The molecule has 0 aliphatic heterocycles. The van der Waals surface area contributed by atoms with E-state index in [1.165, 1.54) is 0 Å². The van der Waals surface area contributed by atoms with E-state index in [4.69, 9.17) is 4.98 Å². The number of carbonyl (C=O) groups excluding carboxylic acids is 1. The van der Waals surface area contributed by atoms with Crippen molar-refractivity contribution in [2.45, 2.75) is 20.3 Å². The monoisotopic (exact) mass is 445 g/mol. The molecule has 0 bridgehead atoms. The van der Waals surface area contributed by atoms with E-state index in [2.05, 4.69) is 33.0 Å². The molecule has 4 nitrogen and oxygen atoms in total. The van der Waals surface area contributed by atoms with Crippen LogP contribution in [-0.2, 0) is 0 Å². The van der Waals surface area contributed by atoms with Crippen molar-refractivity contribution in [3.63, 3.8) is 0 Å². The Kier molecular flexibility index (Phi) is 6.29. The standard InChI is InChI=1S/C21H24BrN3OS/c1-14-10-15(2)12-16(11-14)20(26)25(9-5-8-24(3)4)21-23-18-7-6-17(22)13-19(18)27-21/h6-7,10-13H,5,8-9H2,1-4H3. The summed E-state index contributed by atoms with van der Waals surface area (Å²) >= 11 is 5.07. The molecule has 2 aromatic carbocycles. The molecular formula is C21H24BrN3OS. The van der Waals surface area contributed by atoms with Gasteiger partial charge in [-0.25, -0.2) is 4.98 Å². The van der Waals surface area contributed by atoms with Crippen molar-refractivity contribution in [1.29, 1.82) is 0 Å². The Morgan fingerprint density at radius 1 is 1.07 bits per heavy atom. The van der Waals surface area contributed by atoms with Gasteiger partial charge in [0.15, 0.2) is 5.13 Å². The molecule has 3 rings (SSSR count). The van der Waals surface area contributed by atoms with Crippen molar-refractivity contribution >= 4 is 48.5 Å². The van der Waals surface area contributed by atoms with Gasteiger partial charge in [-0.2, -0.15) is 0 Å². The predicted octanol–water partition coefficient (Wildman–Crippen LogP) is 5.27. The Labute approximate surface area is 172 Å². The lowest BCUT2D eigenvalue weighted by molar-refractivity contribution is 0.0986. The van der Waals surface area contributed by atoms with E-state index in [0.717, 1.165) is 49.5 Å². The zero-order valence-corrected chi connectivity index (χ0v) is 18.5. The van der Waals surface area contributed by atoms with Gasteiger partial charge in [-0.05, 0) is 71.2 Å². The molecule has 1 aromatic heterocycles. The maximum atomic E-state index is 13.3. The van der Waals surface area contributed by atoms with Crippen molar-refractivity contribution in [1.82, 2.24) is 9.88 Å². The Balaban J connectivity index is 1.97. The summed E-state index contributed by atoms with van der Waals surface area (Å²) < 4.78 is 2.09. The summed E-state index contributed by atoms with van der Waals surface area (Å²) in [6.45, 7) is 5.61. The molecule has 0 unspecified atom stereocenters. The highest BCUT2D eigenvalue weighted by atomic mass is 79.9. The summed E-state index contributed by atoms with van der Waals surface area (Å²) in [7, 11) is 4.09. The summed E-state index contributed by atoms with van der Waals surface area (Å²) in [6.07, 6.45) is 0.892. The van der Waals surface area contributed by atoms with Gasteiger partial charge in [-0.1, -0.05) is 44.5 Å². The van der Waals surface area contributed by atoms with Crippen LogP contribution in [0, 0.1) is 13.8 Å². The van der Waals surface area contributed by atoms with Crippen LogP contribution >= 0.6 is 27.3 Å². The largest absolute Gasteiger partial charge is 0.309 e. The number of aryl methyl sites for hydroxylation is 2. The van der Waals surface area contributed by atoms with Crippen LogP contribution in [0.3, 0.4) is 0 Å². The topological polar surface area (TPSA) is 36.4 Å². The molecule has 0 saturated heterocycles. The maximum Gasteiger partial charge on any atom is 0.260 e. The molecule has 0 atom stereocenters. The van der Waals surface area contributed by atoms with Gasteiger partial charge in [0.2, 0.25) is 0 Å². The zero-order chi connectivity index (χ0) is 19.6. The second-order valence-corrected chi connectivity index (χ2v) is 9.02. The van der Waals surface area contributed by atoms with Gasteiger partial charge in [-0.15, -0.1) is 0 Å². The Morgan fingerprint density at radius 2 is 1.78 bits per heavy atom. The molecule has 0 aliphatic rings. The van der Waals surface area contributed by atoms with E-state index in [-0.39, 0.29) is 5.91 Å². The first kappa shape index (κ1) is 20.0. The number of hydrogen-bond acceptors (Lipinski definition) is 4. The van der Waals surface area contributed by atoms with E-state index in [0.29, 0.717) is 6.54 Å². The fourth-order valence-electron chi connectivity index (χ4n) is 3.08. The van der Waals surface area contributed by atoms with Crippen molar-refractivity contribution < 1.29 is 4.79 Å². The number of thiazole rings is 1. The van der Waals surface area contributed by atoms with Crippen LogP contribution in [0.5, 0.6) is 0 Å². The molecule has 0 spiro atoms. The quantitative estimate of drug-likeness (QED) is 0.517. The number of aromatic nitrogens is 1. The highest BCUT2D eigenvalue weighted by molar-refractivity contribution is 9.10. The van der Waals surface area contributed by atoms with Crippen molar-refractivity contribution in [3.05, 3.63) is 57.6 Å². The summed E-state index contributed by atoms with van der Waals surface area (Å²) in [5, 5.41) is 0.756. The van der Waals surface area contributed by atoms with Crippen molar-refractivity contribution in [2.24, 2.45) is 0 Å². The fraction of sp³-hybridized carbons (Fsp3) is 0.333. The minimum absolute atomic E-state index is 0.0127. The summed E-state index contributed by atoms with van der Waals surface area (Å²) in [5.74, 6) is 0.0127. The average Bonchev–Trinajstić information content (AvgIpc) is 2.99. The third-order valence-corrected chi connectivity index (χ3v) is 5.81. The number of halogens is 1. The Hall–Kier alpha value is -1.76. The number of nitrogens with zero attached hydrogens (tertiary/aromatic N) is 3. The van der Waals surface area contributed by atoms with Crippen LogP contribution in [0.25, 0.3) is 10.2 Å². The molecular weight excluding hydrogens is 422 g/mol. The van der Waals surface area contributed by atoms with Gasteiger partial charge in [0.1, 0.15) is 0 Å². The average molecular weight is 446 g/mol. The number of anilines is 1. The molecule has 0 aliphatic carbocycles. The first-order valence-corrected chi connectivity index (χ1v) is 10.6. The van der Waals surface area contributed by atoms with E-state index in [9.17, 15) is 4.79 Å². The molecule has 1 amide bonds. The van der Waals surface area contributed by atoms with E-state index in [1.807, 2.05) is 57.1 Å². The molecule has 6 heteroatoms. The summed E-state index contributed by atoms with van der Waals surface area (Å²) in [6, 6.07) is 12.0. The highest BCUT2D eigenvalue weighted by Crippen LogP contribution is 2.32. The summed E-state index contributed by atoms with van der Waals surface area (Å²) in [5.41, 5.74) is 3.83. The fourth-order valence-corrected chi connectivity index (χ4v) is 4.63. The minimum atomic E-state index is 0.0127. The Bertz CT molecular complexity index is 947. The van der Waals surface area contributed by atoms with Gasteiger partial charge < -0.3 is 4.90 Å². The number of rotatable bonds is 6. The second-order valence-electron chi connectivity index (χ2n) is 7.10. The van der Waals surface area contributed by atoms with E-state index >= 15 is 0 Å². The SMILES string of the molecule is Cc1cc(C)cc(C(=O)N(CCCN(C)C)c2nc3ccc(Br)cc3s2)c1. The third-order valence-electron chi connectivity index (χ3n) is 4.27. The van der Waals surface area contributed by atoms with E-state index < -0.39 is 0 Å². The van der Waals surface area contributed by atoms with Gasteiger partial charge in [0.25, 0.3) is 5.91 Å².